The van der Waals surface area contributed by atoms with Crippen molar-refractivity contribution < 1.29 is 23.7 Å². The molecule has 0 saturated heterocycles. The Bertz CT molecular complexity index is 1710. The van der Waals surface area contributed by atoms with Crippen LogP contribution < -0.4 is 19.8 Å². The van der Waals surface area contributed by atoms with E-state index >= 15 is 0 Å². The van der Waals surface area contributed by atoms with Crippen molar-refractivity contribution in [3.8, 4) is 28.6 Å². The number of carbonyl (C=O) groups excluding carboxylic acids is 1. The molecule has 220 valence electrons. The molecule has 3 aromatic carbocycles. The lowest BCUT2D eigenvalue weighted by Crippen LogP contribution is -2.21. The number of aryl methyl sites for hydroxylation is 1. The Morgan fingerprint density at radius 2 is 1.76 bits per heavy atom. The van der Waals surface area contributed by atoms with Crippen LogP contribution in [0.1, 0.15) is 50.3 Å². The van der Waals surface area contributed by atoms with E-state index in [1.54, 1.807) is 45.4 Å². The zero-order valence-corrected chi connectivity index (χ0v) is 26.9. The molecule has 0 fully saturated rings. The van der Waals surface area contributed by atoms with Crippen LogP contribution in [0.2, 0.25) is 0 Å². The van der Waals surface area contributed by atoms with Gasteiger partial charge < -0.3 is 18.9 Å². The lowest BCUT2D eigenvalue weighted by molar-refractivity contribution is -0.149. The summed E-state index contributed by atoms with van der Waals surface area (Å²) in [6, 6.07) is 14.7. The number of ether oxygens (including phenoxy) is 4. The first kappa shape index (κ1) is 31.0. The Morgan fingerprint density at radius 1 is 1.05 bits per heavy atom. The van der Waals surface area contributed by atoms with Crippen molar-refractivity contribution in [2.75, 3.05) is 20.8 Å². The Morgan fingerprint density at radius 3 is 2.43 bits per heavy atom. The molecule has 0 aliphatic rings. The Hall–Kier alpha value is -3.93. The van der Waals surface area contributed by atoms with Crippen LogP contribution in [0.25, 0.3) is 22.3 Å². The van der Waals surface area contributed by atoms with Crippen molar-refractivity contribution in [2.45, 2.75) is 46.6 Å². The molecule has 1 heterocycles. The molecule has 0 spiro atoms. The van der Waals surface area contributed by atoms with E-state index in [1.807, 2.05) is 37.3 Å². The second kappa shape index (κ2) is 13.4. The van der Waals surface area contributed by atoms with E-state index in [2.05, 4.69) is 41.5 Å². The number of rotatable bonds is 10. The number of fused-ring (bicyclic) bond motifs is 1. The summed E-state index contributed by atoms with van der Waals surface area (Å²) in [5.74, 6) is 1.74. The van der Waals surface area contributed by atoms with E-state index in [0.717, 1.165) is 22.4 Å². The number of para-hydroxylation sites is 1. The third-order valence-corrected chi connectivity index (χ3v) is 7.27. The molecule has 4 rings (SSSR count). The number of aromatic nitrogens is 2. The second-order valence-corrected chi connectivity index (χ2v) is 11.4. The van der Waals surface area contributed by atoms with Crippen molar-refractivity contribution >= 4 is 45.7 Å². The summed E-state index contributed by atoms with van der Waals surface area (Å²) in [6.07, 6.45) is 1.34. The van der Waals surface area contributed by atoms with Gasteiger partial charge >= 0.3 is 5.97 Å². The Balaban J connectivity index is 1.81. The van der Waals surface area contributed by atoms with Gasteiger partial charge in [-0.1, -0.05) is 26.0 Å². The summed E-state index contributed by atoms with van der Waals surface area (Å²) in [5, 5.41) is 5.08. The van der Waals surface area contributed by atoms with Gasteiger partial charge in [0.15, 0.2) is 23.9 Å². The number of benzene rings is 3. The van der Waals surface area contributed by atoms with Gasteiger partial charge in [-0.3, -0.25) is 4.79 Å². The van der Waals surface area contributed by atoms with Crippen molar-refractivity contribution in [1.82, 2.24) is 9.66 Å². The first-order valence-corrected chi connectivity index (χ1v) is 14.6. The van der Waals surface area contributed by atoms with Crippen LogP contribution in [0, 0.1) is 10.5 Å². The summed E-state index contributed by atoms with van der Waals surface area (Å²) in [6.45, 7) is 9.44. The normalized spacial score (nSPS) is 11.5. The molecule has 0 amide bonds. The number of methoxy groups -OCH3 is 2. The number of halogens is 1. The fourth-order valence-electron chi connectivity index (χ4n) is 4.48. The van der Waals surface area contributed by atoms with E-state index in [0.29, 0.717) is 37.4 Å². The number of esters is 1. The van der Waals surface area contributed by atoms with Crippen molar-refractivity contribution in [2.24, 2.45) is 5.10 Å². The van der Waals surface area contributed by atoms with Gasteiger partial charge in [0.25, 0.3) is 5.56 Å². The van der Waals surface area contributed by atoms with Gasteiger partial charge in [-0.2, -0.15) is 9.78 Å². The van der Waals surface area contributed by atoms with Crippen molar-refractivity contribution in [3.63, 3.8) is 0 Å². The van der Waals surface area contributed by atoms with Gasteiger partial charge in [-0.25, -0.2) is 9.78 Å². The van der Waals surface area contributed by atoms with Crippen molar-refractivity contribution in [3.05, 3.63) is 79.1 Å². The van der Waals surface area contributed by atoms with Gasteiger partial charge in [-0.15, -0.1) is 0 Å². The molecule has 0 aliphatic carbocycles. The number of hydrogen-bond acceptors (Lipinski definition) is 8. The van der Waals surface area contributed by atoms with Crippen LogP contribution in [0.5, 0.6) is 17.2 Å². The Kier molecular flexibility index (Phi) is 9.87. The number of hydrogen-bond donors (Lipinski definition) is 0. The average Bonchev–Trinajstić information content (AvgIpc) is 2.95. The molecular weight excluding hydrogens is 649 g/mol. The summed E-state index contributed by atoms with van der Waals surface area (Å²) in [5.41, 5.74) is 3.63. The maximum atomic E-state index is 13.8. The largest absolute Gasteiger partial charge is 0.496 e. The molecule has 10 heteroatoms. The van der Waals surface area contributed by atoms with E-state index in [9.17, 15) is 9.59 Å². The molecule has 0 atom stereocenters. The van der Waals surface area contributed by atoms with Crippen LogP contribution in [0.3, 0.4) is 0 Å². The highest BCUT2D eigenvalue weighted by Gasteiger charge is 2.19. The van der Waals surface area contributed by atoms with E-state index in [-0.39, 0.29) is 24.2 Å². The van der Waals surface area contributed by atoms with Gasteiger partial charge in [-0.05, 0) is 102 Å². The van der Waals surface area contributed by atoms with Crippen LogP contribution in [0.15, 0.2) is 58.4 Å². The minimum absolute atomic E-state index is 0.186. The zero-order chi connectivity index (χ0) is 30.6. The third-order valence-electron chi connectivity index (χ3n) is 6.47. The predicted molar refractivity (Wildman–Crippen MR) is 172 cm³/mol. The fraction of sp³-hybridized carbons (Fsp3) is 0.312. The standard InChI is InChI=1S/C32H34IN3O6/c1-18(2)23-15-24(20(5)12-27(23)39-6)31-35-26-11-9-8-10-22(26)32(38)36(31)34-16-21-13-25(33)30(28(14-21)40-7)41-17-29(37)42-19(3)4/h8-16,18-19H,17H2,1-7H3. The molecule has 0 aliphatic heterocycles. The number of carbonyl (C=O) groups is 1. The maximum absolute atomic E-state index is 13.8. The molecule has 9 nitrogen and oxygen atoms in total. The SMILES string of the molecule is COc1cc(C)c(-c2nc3ccccc3c(=O)n2N=Cc2cc(I)c(OCC(=O)OC(C)C)c(OC)c2)cc1C(C)C. The topological polar surface area (TPSA) is 101 Å². The fourth-order valence-corrected chi connectivity index (χ4v) is 5.26. The van der Waals surface area contributed by atoms with Gasteiger partial charge in [0.05, 0.1) is 41.0 Å². The Labute approximate surface area is 258 Å². The minimum Gasteiger partial charge on any atom is -0.496 e. The molecule has 0 N–H and O–H groups in total. The molecule has 4 aromatic rings. The molecule has 1 aromatic heterocycles. The first-order valence-electron chi connectivity index (χ1n) is 13.5. The summed E-state index contributed by atoms with van der Waals surface area (Å²) in [4.78, 5) is 30.6. The van der Waals surface area contributed by atoms with E-state index < -0.39 is 5.97 Å². The van der Waals surface area contributed by atoms with E-state index in [1.165, 1.54) is 11.8 Å². The molecule has 0 bridgehead atoms. The highest BCUT2D eigenvalue weighted by atomic mass is 127. The first-order chi connectivity index (χ1) is 20.0. The molecule has 0 saturated carbocycles. The second-order valence-electron chi connectivity index (χ2n) is 10.2. The van der Waals surface area contributed by atoms with Gasteiger partial charge in [0.2, 0.25) is 0 Å². The van der Waals surface area contributed by atoms with Gasteiger partial charge in [0.1, 0.15) is 5.75 Å². The third kappa shape index (κ3) is 6.75. The smallest absolute Gasteiger partial charge is 0.344 e. The van der Waals surface area contributed by atoms with Gasteiger partial charge in [0, 0.05) is 5.56 Å². The molecule has 42 heavy (non-hydrogen) atoms. The average molecular weight is 684 g/mol. The van der Waals surface area contributed by atoms with Crippen LogP contribution in [0.4, 0.5) is 0 Å². The zero-order valence-electron chi connectivity index (χ0n) is 24.7. The lowest BCUT2D eigenvalue weighted by Gasteiger charge is -2.17. The number of nitrogens with zero attached hydrogens (tertiary/aromatic N) is 3. The summed E-state index contributed by atoms with van der Waals surface area (Å²) >= 11 is 2.10. The highest BCUT2D eigenvalue weighted by Crippen LogP contribution is 2.35. The monoisotopic (exact) mass is 683 g/mol. The molecule has 0 unspecified atom stereocenters. The highest BCUT2D eigenvalue weighted by molar-refractivity contribution is 14.1. The summed E-state index contributed by atoms with van der Waals surface area (Å²) in [7, 11) is 3.17. The molecular formula is C32H34IN3O6. The maximum Gasteiger partial charge on any atom is 0.344 e. The predicted octanol–water partition coefficient (Wildman–Crippen LogP) is 6.33. The minimum atomic E-state index is -0.473. The summed E-state index contributed by atoms with van der Waals surface area (Å²) < 4.78 is 24.1. The van der Waals surface area contributed by atoms with Crippen molar-refractivity contribution in [1.29, 1.82) is 0 Å². The quantitative estimate of drug-likeness (QED) is 0.109. The van der Waals surface area contributed by atoms with E-state index in [4.69, 9.17) is 23.9 Å². The van der Waals surface area contributed by atoms with Crippen LogP contribution >= 0.6 is 22.6 Å². The lowest BCUT2D eigenvalue weighted by atomic mass is 9.96. The van der Waals surface area contributed by atoms with Crippen LogP contribution in [-0.2, 0) is 9.53 Å². The molecule has 0 radical (unpaired) electrons. The van der Waals surface area contributed by atoms with Crippen LogP contribution in [-0.4, -0.2) is 48.8 Å².